The predicted molar refractivity (Wildman–Crippen MR) is 124 cm³/mol. The van der Waals surface area contributed by atoms with Crippen LogP contribution in [0.25, 0.3) is 22.2 Å². The summed E-state index contributed by atoms with van der Waals surface area (Å²) < 4.78 is 5.34. The van der Waals surface area contributed by atoms with Gasteiger partial charge in [0.25, 0.3) is 0 Å². The zero-order chi connectivity index (χ0) is 22.9. The highest BCUT2D eigenvalue weighted by Gasteiger charge is 2.25. The van der Waals surface area contributed by atoms with Gasteiger partial charge in [-0.25, -0.2) is 9.59 Å². The summed E-state index contributed by atoms with van der Waals surface area (Å²) in [5.41, 5.74) is 5.25. The highest BCUT2D eigenvalue weighted by atomic mass is 16.5. The molecular weight excluding hydrogens is 408 g/mol. The van der Waals surface area contributed by atoms with E-state index in [0.29, 0.717) is 6.04 Å². The van der Waals surface area contributed by atoms with E-state index < -0.39 is 11.9 Å². The molecule has 0 saturated carbocycles. The lowest BCUT2D eigenvalue weighted by atomic mass is 9.92. The van der Waals surface area contributed by atoms with E-state index in [2.05, 4.69) is 64.5 Å². The zero-order valence-electron chi connectivity index (χ0n) is 18.3. The van der Waals surface area contributed by atoms with Crippen LogP contribution in [0.1, 0.15) is 24.8 Å². The second kappa shape index (κ2) is 11.5. The van der Waals surface area contributed by atoms with Crippen LogP contribution in [0, 0.1) is 0 Å². The summed E-state index contributed by atoms with van der Waals surface area (Å²) in [6.07, 6.45) is 5.01. The SMILES string of the molecule is COCCN1CCCCC1Cc1c(-c2ccccc2)[nH]c2ccccc12.O=C(O)C(=O)O. The monoisotopic (exact) mass is 438 g/mol. The van der Waals surface area contributed by atoms with Crippen LogP contribution in [0.2, 0.25) is 0 Å². The molecule has 0 radical (unpaired) electrons. The number of aliphatic carboxylic acids is 2. The van der Waals surface area contributed by atoms with Crippen molar-refractivity contribution in [1.82, 2.24) is 9.88 Å². The number of carboxylic acids is 2. The number of ether oxygens (including phenoxy) is 1. The summed E-state index contributed by atoms with van der Waals surface area (Å²) in [5, 5.41) is 16.1. The Bertz CT molecular complexity index is 1020. The third kappa shape index (κ3) is 5.96. The Hall–Kier alpha value is -3.16. The van der Waals surface area contributed by atoms with Gasteiger partial charge in [-0.3, -0.25) is 4.90 Å². The van der Waals surface area contributed by atoms with Crippen molar-refractivity contribution in [2.45, 2.75) is 31.7 Å². The van der Waals surface area contributed by atoms with Gasteiger partial charge in [0.1, 0.15) is 0 Å². The minimum Gasteiger partial charge on any atom is -0.473 e. The van der Waals surface area contributed by atoms with Crippen LogP contribution in [-0.2, 0) is 20.7 Å². The van der Waals surface area contributed by atoms with E-state index in [4.69, 9.17) is 24.5 Å². The molecule has 7 nitrogen and oxygen atoms in total. The maximum absolute atomic E-state index is 9.10. The Kier molecular flexibility index (Phi) is 8.41. The largest absolute Gasteiger partial charge is 0.473 e. The van der Waals surface area contributed by atoms with Gasteiger partial charge in [0, 0.05) is 36.3 Å². The number of piperidine rings is 1. The first kappa shape index (κ1) is 23.5. The lowest BCUT2D eigenvalue weighted by Crippen LogP contribution is -2.42. The molecule has 7 heteroatoms. The number of nitrogens with zero attached hydrogens (tertiary/aromatic N) is 1. The third-order valence-corrected chi connectivity index (χ3v) is 5.83. The Morgan fingerprint density at radius 1 is 1.03 bits per heavy atom. The number of hydrogen-bond acceptors (Lipinski definition) is 4. The molecule has 3 aromatic rings. The number of benzene rings is 2. The molecule has 1 saturated heterocycles. The molecule has 0 aliphatic carbocycles. The van der Waals surface area contributed by atoms with E-state index in [0.717, 1.165) is 19.6 Å². The number of fused-ring (bicyclic) bond motifs is 1. The fourth-order valence-corrected chi connectivity index (χ4v) is 4.29. The topological polar surface area (TPSA) is 103 Å². The molecule has 170 valence electrons. The smallest absolute Gasteiger partial charge is 0.414 e. The molecule has 1 atom stereocenters. The van der Waals surface area contributed by atoms with E-state index in [1.807, 2.05) is 0 Å². The number of H-pyrrole nitrogens is 1. The van der Waals surface area contributed by atoms with Crippen molar-refractivity contribution in [3.63, 3.8) is 0 Å². The van der Waals surface area contributed by atoms with Crippen molar-refractivity contribution in [2.75, 3.05) is 26.8 Å². The number of likely N-dealkylation sites (tertiary alicyclic amines) is 1. The number of carbonyl (C=O) groups is 2. The summed E-state index contributed by atoms with van der Waals surface area (Å²) in [6.45, 7) is 3.04. The summed E-state index contributed by atoms with van der Waals surface area (Å²) in [7, 11) is 1.80. The molecule has 4 rings (SSSR count). The lowest BCUT2D eigenvalue weighted by Gasteiger charge is -2.35. The Morgan fingerprint density at radius 3 is 2.41 bits per heavy atom. The molecule has 0 bridgehead atoms. The fourth-order valence-electron chi connectivity index (χ4n) is 4.29. The number of methoxy groups -OCH3 is 1. The minimum absolute atomic E-state index is 0.598. The average Bonchev–Trinajstić information content (AvgIpc) is 3.18. The Balaban J connectivity index is 0.000000427. The quantitative estimate of drug-likeness (QED) is 0.502. The molecule has 0 amide bonds. The first-order valence-corrected chi connectivity index (χ1v) is 10.9. The van der Waals surface area contributed by atoms with Crippen LogP contribution in [0.5, 0.6) is 0 Å². The molecule has 1 unspecified atom stereocenters. The summed E-state index contributed by atoms with van der Waals surface area (Å²) >= 11 is 0. The van der Waals surface area contributed by atoms with E-state index in [-0.39, 0.29) is 0 Å². The van der Waals surface area contributed by atoms with Gasteiger partial charge in [-0.15, -0.1) is 0 Å². The maximum atomic E-state index is 9.10. The number of nitrogens with one attached hydrogen (secondary N) is 1. The van der Waals surface area contributed by atoms with Crippen LogP contribution in [0.4, 0.5) is 0 Å². The van der Waals surface area contributed by atoms with Crippen molar-refractivity contribution in [2.24, 2.45) is 0 Å². The number of rotatable bonds is 6. The molecule has 2 heterocycles. The van der Waals surface area contributed by atoms with Crippen molar-refractivity contribution < 1.29 is 24.5 Å². The average molecular weight is 439 g/mol. The molecule has 32 heavy (non-hydrogen) atoms. The van der Waals surface area contributed by atoms with Crippen molar-refractivity contribution in [3.05, 3.63) is 60.2 Å². The molecule has 1 fully saturated rings. The third-order valence-electron chi connectivity index (χ3n) is 5.83. The maximum Gasteiger partial charge on any atom is 0.414 e. The minimum atomic E-state index is -1.82. The van der Waals surface area contributed by atoms with Crippen LogP contribution >= 0.6 is 0 Å². The van der Waals surface area contributed by atoms with Gasteiger partial charge in [0.05, 0.1) is 6.61 Å². The van der Waals surface area contributed by atoms with Gasteiger partial charge in [-0.2, -0.15) is 0 Å². The van der Waals surface area contributed by atoms with Crippen LogP contribution in [-0.4, -0.2) is 64.9 Å². The van der Waals surface area contributed by atoms with Crippen molar-refractivity contribution >= 4 is 22.8 Å². The second-order valence-electron chi connectivity index (χ2n) is 7.88. The van der Waals surface area contributed by atoms with Gasteiger partial charge >= 0.3 is 11.9 Å². The van der Waals surface area contributed by atoms with Crippen LogP contribution in [0.15, 0.2) is 54.6 Å². The standard InChI is InChI=1S/C23H28N2O.C2H2O4/c1-26-16-15-25-14-8-7-11-19(25)17-21-20-12-5-6-13-22(20)24-23(21)18-9-3-2-4-10-18;3-1(4)2(5)6/h2-6,9-10,12-13,19,24H,7-8,11,14-17H2,1H3;(H,3,4)(H,5,6). The van der Waals surface area contributed by atoms with Crippen molar-refractivity contribution in [3.8, 4) is 11.3 Å². The van der Waals surface area contributed by atoms with Gasteiger partial charge in [0.15, 0.2) is 0 Å². The lowest BCUT2D eigenvalue weighted by molar-refractivity contribution is -0.159. The van der Waals surface area contributed by atoms with E-state index >= 15 is 0 Å². The fraction of sp³-hybridized carbons (Fsp3) is 0.360. The molecule has 1 aromatic heterocycles. The normalized spacial score (nSPS) is 16.3. The number of aromatic nitrogens is 1. The molecular formula is C25H30N2O5. The van der Waals surface area contributed by atoms with Gasteiger partial charge < -0.3 is 19.9 Å². The summed E-state index contributed by atoms with van der Waals surface area (Å²) in [6, 6.07) is 20.0. The number of carboxylic acid groups (broad SMARTS) is 2. The highest BCUT2D eigenvalue weighted by molar-refractivity contribution is 6.27. The zero-order valence-corrected chi connectivity index (χ0v) is 18.3. The van der Waals surface area contributed by atoms with Gasteiger partial charge in [0.2, 0.25) is 0 Å². The number of hydrogen-bond donors (Lipinski definition) is 3. The Labute approximate surface area is 187 Å². The molecule has 0 spiro atoms. The molecule has 1 aliphatic heterocycles. The van der Waals surface area contributed by atoms with Crippen molar-refractivity contribution in [1.29, 1.82) is 0 Å². The van der Waals surface area contributed by atoms with Gasteiger partial charge in [-0.1, -0.05) is 55.0 Å². The summed E-state index contributed by atoms with van der Waals surface area (Å²) in [4.78, 5) is 24.5. The van der Waals surface area contributed by atoms with Crippen LogP contribution < -0.4 is 0 Å². The first-order chi connectivity index (χ1) is 15.5. The molecule has 2 aromatic carbocycles. The number of para-hydroxylation sites is 1. The van der Waals surface area contributed by atoms with Gasteiger partial charge in [-0.05, 0) is 43.0 Å². The van der Waals surface area contributed by atoms with Crippen LogP contribution in [0.3, 0.4) is 0 Å². The number of aromatic amines is 1. The Morgan fingerprint density at radius 2 is 1.72 bits per heavy atom. The molecule has 3 N–H and O–H groups in total. The predicted octanol–water partition coefficient (Wildman–Crippen LogP) is 4.03. The summed E-state index contributed by atoms with van der Waals surface area (Å²) in [5.74, 6) is -3.65. The van der Waals surface area contributed by atoms with E-state index in [1.54, 1.807) is 7.11 Å². The first-order valence-electron chi connectivity index (χ1n) is 10.9. The highest BCUT2D eigenvalue weighted by Crippen LogP contribution is 2.33. The van der Waals surface area contributed by atoms with E-state index in [1.165, 1.54) is 53.5 Å². The van der Waals surface area contributed by atoms with E-state index in [9.17, 15) is 0 Å². The second-order valence-corrected chi connectivity index (χ2v) is 7.88. The molecule has 1 aliphatic rings.